The van der Waals surface area contributed by atoms with Crippen molar-refractivity contribution in [2.45, 2.75) is 25.7 Å². The largest absolute Gasteiger partial charge is 0.317 e. The normalized spacial score (nSPS) is 17.5. The van der Waals surface area contributed by atoms with Gasteiger partial charge in [-0.15, -0.1) is 22.7 Å². The smallest absolute Gasteiger partial charge is 0.0964 e. The van der Waals surface area contributed by atoms with Crippen LogP contribution in [0.5, 0.6) is 0 Å². The summed E-state index contributed by atoms with van der Waals surface area (Å²) in [7, 11) is 0. The zero-order valence-electron chi connectivity index (χ0n) is 9.90. The van der Waals surface area contributed by atoms with Crippen molar-refractivity contribution in [1.82, 2.24) is 10.3 Å². The highest BCUT2D eigenvalue weighted by Gasteiger charge is 2.19. The first kappa shape index (κ1) is 11.4. The Hall–Kier alpha value is -0.710. The van der Waals surface area contributed by atoms with Gasteiger partial charge in [-0.1, -0.05) is 0 Å². The SMILES string of the molecule is Cc1ccsc1-c1csc(C2CCNCC2)n1. The van der Waals surface area contributed by atoms with Crippen molar-refractivity contribution >= 4 is 22.7 Å². The topological polar surface area (TPSA) is 24.9 Å². The molecule has 2 nitrogen and oxygen atoms in total. The lowest BCUT2D eigenvalue weighted by atomic mass is 9.99. The van der Waals surface area contributed by atoms with Gasteiger partial charge in [0, 0.05) is 11.3 Å². The average molecular weight is 264 g/mol. The second kappa shape index (κ2) is 4.88. The van der Waals surface area contributed by atoms with E-state index < -0.39 is 0 Å². The highest BCUT2D eigenvalue weighted by atomic mass is 32.1. The van der Waals surface area contributed by atoms with Crippen molar-refractivity contribution in [2.24, 2.45) is 0 Å². The van der Waals surface area contributed by atoms with E-state index in [-0.39, 0.29) is 0 Å². The van der Waals surface area contributed by atoms with E-state index in [2.05, 4.69) is 29.1 Å². The Morgan fingerprint density at radius 3 is 2.82 bits per heavy atom. The monoisotopic (exact) mass is 264 g/mol. The maximum absolute atomic E-state index is 4.84. The number of hydrogen-bond acceptors (Lipinski definition) is 4. The van der Waals surface area contributed by atoms with Crippen LogP contribution in [0.1, 0.15) is 29.3 Å². The van der Waals surface area contributed by atoms with Gasteiger partial charge in [-0.2, -0.15) is 0 Å². The molecule has 2 aromatic rings. The third kappa shape index (κ3) is 2.30. The van der Waals surface area contributed by atoms with Crippen LogP contribution in [0.3, 0.4) is 0 Å². The Labute approximate surface area is 110 Å². The van der Waals surface area contributed by atoms with Crippen LogP contribution in [0.15, 0.2) is 16.8 Å². The summed E-state index contributed by atoms with van der Waals surface area (Å²) in [6.07, 6.45) is 2.47. The second-order valence-electron chi connectivity index (χ2n) is 4.53. The summed E-state index contributed by atoms with van der Waals surface area (Å²) in [4.78, 5) is 6.17. The van der Waals surface area contributed by atoms with E-state index in [9.17, 15) is 0 Å². The van der Waals surface area contributed by atoms with E-state index in [1.807, 2.05) is 11.3 Å². The zero-order chi connectivity index (χ0) is 11.7. The van der Waals surface area contributed by atoms with Gasteiger partial charge in [0.15, 0.2) is 0 Å². The maximum atomic E-state index is 4.84. The summed E-state index contributed by atoms with van der Waals surface area (Å²) in [5, 5.41) is 9.10. The van der Waals surface area contributed by atoms with E-state index in [0.717, 1.165) is 13.1 Å². The van der Waals surface area contributed by atoms with Crippen LogP contribution in [0.25, 0.3) is 10.6 Å². The first-order valence-corrected chi connectivity index (χ1v) is 7.81. The average Bonchev–Trinajstić information content (AvgIpc) is 2.98. The van der Waals surface area contributed by atoms with E-state index in [1.165, 1.54) is 34.0 Å². The summed E-state index contributed by atoms with van der Waals surface area (Å²) >= 11 is 3.63. The molecule has 3 rings (SSSR count). The predicted octanol–water partition coefficient (Wildman–Crippen LogP) is 3.65. The Bertz CT molecular complexity index is 495. The van der Waals surface area contributed by atoms with Gasteiger partial charge in [0.05, 0.1) is 15.6 Å². The fraction of sp³-hybridized carbons (Fsp3) is 0.462. The van der Waals surface area contributed by atoms with Crippen molar-refractivity contribution in [3.8, 4) is 10.6 Å². The first-order valence-electron chi connectivity index (χ1n) is 6.05. The summed E-state index contributed by atoms with van der Waals surface area (Å²) < 4.78 is 0. The number of thiophene rings is 1. The molecule has 1 aliphatic rings. The van der Waals surface area contributed by atoms with Crippen molar-refractivity contribution < 1.29 is 0 Å². The van der Waals surface area contributed by atoms with E-state index >= 15 is 0 Å². The van der Waals surface area contributed by atoms with Gasteiger partial charge in [-0.25, -0.2) is 4.98 Å². The highest BCUT2D eigenvalue weighted by molar-refractivity contribution is 7.14. The second-order valence-corrected chi connectivity index (χ2v) is 6.33. The molecule has 1 N–H and O–H groups in total. The first-order chi connectivity index (χ1) is 8.34. The zero-order valence-corrected chi connectivity index (χ0v) is 11.5. The van der Waals surface area contributed by atoms with Gasteiger partial charge in [0.25, 0.3) is 0 Å². The number of piperidine rings is 1. The molecule has 0 bridgehead atoms. The van der Waals surface area contributed by atoms with Crippen LogP contribution < -0.4 is 5.32 Å². The van der Waals surface area contributed by atoms with Crippen LogP contribution >= 0.6 is 22.7 Å². The molecule has 1 fully saturated rings. The number of nitrogens with one attached hydrogen (secondary N) is 1. The molecule has 3 heterocycles. The number of nitrogens with zero attached hydrogens (tertiary/aromatic N) is 1. The van der Waals surface area contributed by atoms with Gasteiger partial charge in [-0.05, 0) is 49.9 Å². The molecule has 0 spiro atoms. The minimum Gasteiger partial charge on any atom is -0.317 e. The van der Waals surface area contributed by atoms with Gasteiger partial charge >= 0.3 is 0 Å². The lowest BCUT2D eigenvalue weighted by Crippen LogP contribution is -2.26. The third-order valence-electron chi connectivity index (χ3n) is 3.31. The number of aryl methyl sites for hydroxylation is 1. The molecule has 1 saturated heterocycles. The standard InChI is InChI=1S/C13H16N2S2/c1-9-4-7-16-12(9)11-8-17-13(15-11)10-2-5-14-6-3-10/h4,7-8,10,14H,2-3,5-6H2,1H3. The number of thiazole rings is 1. The lowest BCUT2D eigenvalue weighted by Gasteiger charge is -2.20. The van der Waals surface area contributed by atoms with Crippen LogP contribution in [-0.2, 0) is 0 Å². The van der Waals surface area contributed by atoms with E-state index in [1.54, 1.807) is 11.3 Å². The van der Waals surface area contributed by atoms with Gasteiger partial charge in [0.2, 0.25) is 0 Å². The minimum absolute atomic E-state index is 0.676. The van der Waals surface area contributed by atoms with Crippen LogP contribution in [0, 0.1) is 6.92 Å². The Morgan fingerprint density at radius 2 is 2.12 bits per heavy atom. The number of rotatable bonds is 2. The fourth-order valence-electron chi connectivity index (χ4n) is 2.28. The van der Waals surface area contributed by atoms with Crippen LogP contribution in [-0.4, -0.2) is 18.1 Å². The molecule has 0 amide bonds. The lowest BCUT2D eigenvalue weighted by molar-refractivity contribution is 0.459. The van der Waals surface area contributed by atoms with Crippen molar-refractivity contribution in [1.29, 1.82) is 0 Å². The molecule has 0 aliphatic carbocycles. The highest BCUT2D eigenvalue weighted by Crippen LogP contribution is 2.34. The molecule has 90 valence electrons. The molecule has 0 unspecified atom stereocenters. The molecule has 4 heteroatoms. The Morgan fingerprint density at radius 1 is 1.29 bits per heavy atom. The van der Waals surface area contributed by atoms with Crippen molar-refractivity contribution in [3.05, 3.63) is 27.4 Å². The molecule has 0 radical (unpaired) electrons. The molecule has 1 aliphatic heterocycles. The number of hydrogen-bond donors (Lipinski definition) is 1. The fourth-order valence-corrected chi connectivity index (χ4v) is 4.23. The van der Waals surface area contributed by atoms with E-state index in [0.29, 0.717) is 5.92 Å². The van der Waals surface area contributed by atoms with Gasteiger partial charge in [-0.3, -0.25) is 0 Å². The van der Waals surface area contributed by atoms with Crippen molar-refractivity contribution in [2.75, 3.05) is 13.1 Å². The predicted molar refractivity (Wildman–Crippen MR) is 75.0 cm³/mol. The molecular formula is C13H16N2S2. The van der Waals surface area contributed by atoms with Gasteiger partial charge in [0.1, 0.15) is 0 Å². The third-order valence-corrected chi connectivity index (χ3v) is 5.35. The molecular weight excluding hydrogens is 248 g/mol. The Kier molecular flexibility index (Phi) is 3.27. The van der Waals surface area contributed by atoms with Gasteiger partial charge < -0.3 is 5.32 Å². The quantitative estimate of drug-likeness (QED) is 0.895. The number of aromatic nitrogens is 1. The summed E-state index contributed by atoms with van der Waals surface area (Å²) in [5.41, 5.74) is 2.52. The molecule has 2 aromatic heterocycles. The van der Waals surface area contributed by atoms with E-state index in [4.69, 9.17) is 4.98 Å². The van der Waals surface area contributed by atoms with Crippen LogP contribution in [0.2, 0.25) is 0 Å². The molecule has 17 heavy (non-hydrogen) atoms. The molecule has 0 saturated carbocycles. The summed E-state index contributed by atoms with van der Waals surface area (Å²) in [6, 6.07) is 2.17. The summed E-state index contributed by atoms with van der Waals surface area (Å²) in [6.45, 7) is 4.44. The Balaban J connectivity index is 1.85. The maximum Gasteiger partial charge on any atom is 0.0964 e. The van der Waals surface area contributed by atoms with Crippen molar-refractivity contribution in [3.63, 3.8) is 0 Å². The minimum atomic E-state index is 0.676. The molecule has 0 aromatic carbocycles. The van der Waals surface area contributed by atoms with Crippen LogP contribution in [0.4, 0.5) is 0 Å². The molecule has 0 atom stereocenters. The summed E-state index contributed by atoms with van der Waals surface area (Å²) in [5.74, 6) is 0.676.